The highest BCUT2D eigenvalue weighted by atomic mass is 19.1. The first kappa shape index (κ1) is 19.9. The number of H-pyrrole nitrogens is 1. The molecule has 2 amide bonds. The predicted octanol–water partition coefficient (Wildman–Crippen LogP) is 2.82. The van der Waals surface area contributed by atoms with Crippen molar-refractivity contribution in [2.75, 3.05) is 26.2 Å². The molecule has 6 nitrogen and oxygen atoms in total. The van der Waals surface area contributed by atoms with Gasteiger partial charge < -0.3 is 15.2 Å². The summed E-state index contributed by atoms with van der Waals surface area (Å²) in [6.07, 6.45) is 4.08. The highest BCUT2D eigenvalue weighted by Gasteiger charge is 2.30. The fraction of sp³-hybridized carbons (Fsp3) is 0.545. The van der Waals surface area contributed by atoms with Crippen LogP contribution in [-0.2, 0) is 4.79 Å². The Balaban J connectivity index is 1.38. The normalized spacial score (nSPS) is 23.3. The molecule has 1 saturated carbocycles. The number of aryl methyl sites for hydroxylation is 1. The van der Waals surface area contributed by atoms with E-state index in [0.29, 0.717) is 22.6 Å². The van der Waals surface area contributed by atoms with Gasteiger partial charge in [-0.2, -0.15) is 0 Å². The van der Waals surface area contributed by atoms with Gasteiger partial charge in [-0.15, -0.1) is 0 Å². The van der Waals surface area contributed by atoms with Crippen LogP contribution in [0.2, 0.25) is 0 Å². The van der Waals surface area contributed by atoms with Gasteiger partial charge in [-0.05, 0) is 50.3 Å². The molecule has 0 bridgehead atoms. The number of hydrogen-bond acceptors (Lipinski definition) is 3. The highest BCUT2D eigenvalue weighted by Crippen LogP contribution is 2.26. The Bertz CT molecular complexity index is 878. The van der Waals surface area contributed by atoms with Crippen LogP contribution in [0.25, 0.3) is 10.9 Å². The number of carbonyl (C=O) groups is 2. The minimum atomic E-state index is -0.316. The van der Waals surface area contributed by atoms with Crippen LogP contribution in [0, 0.1) is 12.7 Å². The van der Waals surface area contributed by atoms with Crippen molar-refractivity contribution in [3.8, 4) is 0 Å². The number of benzene rings is 1. The standard InChI is InChI=1S/C22H29FN4O2/c1-14-6-7-19(23)18-13-20(25-21(14)18)22(29)24-16-4-3-5-17(12-16)27-10-8-26(9-11-27)15(2)28/h6-7,13,16-17,25H,3-5,8-12H2,1-2H3,(H,24,29)/t16-,17-/m0/s1. The van der Waals surface area contributed by atoms with Crippen LogP contribution in [0.1, 0.15) is 48.7 Å². The molecule has 0 radical (unpaired) electrons. The molecule has 2 N–H and O–H groups in total. The molecular formula is C22H29FN4O2. The average molecular weight is 400 g/mol. The molecule has 1 aliphatic heterocycles. The zero-order chi connectivity index (χ0) is 20.5. The summed E-state index contributed by atoms with van der Waals surface area (Å²) in [5.41, 5.74) is 2.01. The fourth-order valence-corrected chi connectivity index (χ4v) is 4.74. The Morgan fingerprint density at radius 3 is 2.62 bits per heavy atom. The Morgan fingerprint density at radius 2 is 1.93 bits per heavy atom. The number of aromatic nitrogens is 1. The van der Waals surface area contributed by atoms with Gasteiger partial charge in [0.25, 0.3) is 5.91 Å². The number of piperazine rings is 1. The lowest BCUT2D eigenvalue weighted by Gasteiger charge is -2.42. The van der Waals surface area contributed by atoms with E-state index in [0.717, 1.165) is 57.4 Å². The van der Waals surface area contributed by atoms with Gasteiger partial charge in [0.15, 0.2) is 0 Å². The van der Waals surface area contributed by atoms with Crippen molar-refractivity contribution in [3.63, 3.8) is 0 Å². The summed E-state index contributed by atoms with van der Waals surface area (Å²) in [6, 6.07) is 5.31. The van der Waals surface area contributed by atoms with Gasteiger partial charge in [0.05, 0.1) is 5.52 Å². The second-order valence-corrected chi connectivity index (χ2v) is 8.37. The van der Waals surface area contributed by atoms with Crippen molar-refractivity contribution in [2.24, 2.45) is 0 Å². The number of halogens is 1. The molecule has 2 aliphatic rings. The summed E-state index contributed by atoms with van der Waals surface area (Å²) >= 11 is 0. The van der Waals surface area contributed by atoms with E-state index in [4.69, 9.17) is 0 Å². The quantitative estimate of drug-likeness (QED) is 0.833. The van der Waals surface area contributed by atoms with Crippen LogP contribution < -0.4 is 5.32 Å². The zero-order valence-corrected chi connectivity index (χ0v) is 17.1. The number of rotatable bonds is 3. The van der Waals surface area contributed by atoms with E-state index >= 15 is 0 Å². The fourth-order valence-electron chi connectivity index (χ4n) is 4.74. The number of hydrogen-bond donors (Lipinski definition) is 2. The van der Waals surface area contributed by atoms with E-state index in [-0.39, 0.29) is 23.7 Å². The molecule has 4 rings (SSSR count). The summed E-state index contributed by atoms with van der Waals surface area (Å²) in [5.74, 6) is -0.348. The summed E-state index contributed by atoms with van der Waals surface area (Å²) in [7, 11) is 0. The molecule has 0 spiro atoms. The van der Waals surface area contributed by atoms with E-state index in [1.54, 1.807) is 19.1 Å². The number of fused-ring (bicyclic) bond motifs is 1. The van der Waals surface area contributed by atoms with Crippen LogP contribution in [0.3, 0.4) is 0 Å². The maximum absolute atomic E-state index is 14.1. The maximum atomic E-state index is 14.1. The molecule has 1 aromatic carbocycles. The Morgan fingerprint density at radius 1 is 1.17 bits per heavy atom. The first-order valence-corrected chi connectivity index (χ1v) is 10.5. The minimum Gasteiger partial charge on any atom is -0.350 e. The molecule has 1 aromatic heterocycles. The number of aromatic amines is 1. The van der Waals surface area contributed by atoms with Crippen LogP contribution in [0.15, 0.2) is 18.2 Å². The van der Waals surface area contributed by atoms with Crippen molar-refractivity contribution in [1.82, 2.24) is 20.1 Å². The lowest BCUT2D eigenvalue weighted by molar-refractivity contribution is -0.131. The number of nitrogens with zero attached hydrogens (tertiary/aromatic N) is 2. The Labute approximate surface area is 170 Å². The van der Waals surface area contributed by atoms with Gasteiger partial charge in [-0.25, -0.2) is 4.39 Å². The summed E-state index contributed by atoms with van der Waals surface area (Å²) < 4.78 is 14.1. The summed E-state index contributed by atoms with van der Waals surface area (Å²) in [5, 5.41) is 3.61. The zero-order valence-electron chi connectivity index (χ0n) is 17.1. The molecule has 7 heteroatoms. The molecule has 2 atom stereocenters. The molecule has 29 heavy (non-hydrogen) atoms. The third-order valence-corrected chi connectivity index (χ3v) is 6.45. The van der Waals surface area contributed by atoms with Crippen LogP contribution >= 0.6 is 0 Å². The van der Waals surface area contributed by atoms with Gasteiger partial charge in [-0.3, -0.25) is 14.5 Å². The van der Waals surface area contributed by atoms with E-state index in [1.165, 1.54) is 6.07 Å². The topological polar surface area (TPSA) is 68.4 Å². The van der Waals surface area contributed by atoms with Crippen LogP contribution in [0.4, 0.5) is 4.39 Å². The number of amides is 2. The smallest absolute Gasteiger partial charge is 0.267 e. The van der Waals surface area contributed by atoms with Gasteiger partial charge in [0, 0.05) is 50.6 Å². The molecule has 156 valence electrons. The van der Waals surface area contributed by atoms with Gasteiger partial charge >= 0.3 is 0 Å². The molecule has 1 aliphatic carbocycles. The van der Waals surface area contributed by atoms with E-state index in [2.05, 4.69) is 15.2 Å². The second kappa shape index (κ2) is 8.14. The van der Waals surface area contributed by atoms with Crippen molar-refractivity contribution >= 4 is 22.7 Å². The Kier molecular flexibility index (Phi) is 5.58. The predicted molar refractivity (Wildman–Crippen MR) is 110 cm³/mol. The van der Waals surface area contributed by atoms with Crippen LogP contribution in [-0.4, -0.2) is 64.9 Å². The van der Waals surface area contributed by atoms with Crippen molar-refractivity contribution in [3.05, 3.63) is 35.3 Å². The lowest BCUT2D eigenvalue weighted by Crippen LogP contribution is -2.54. The molecule has 2 heterocycles. The summed E-state index contributed by atoms with van der Waals surface area (Å²) in [4.78, 5) is 31.8. The largest absolute Gasteiger partial charge is 0.350 e. The Hall–Kier alpha value is -2.41. The van der Waals surface area contributed by atoms with Crippen LogP contribution in [0.5, 0.6) is 0 Å². The highest BCUT2D eigenvalue weighted by molar-refractivity contribution is 5.99. The summed E-state index contributed by atoms with van der Waals surface area (Å²) in [6.45, 7) is 6.87. The third-order valence-electron chi connectivity index (χ3n) is 6.45. The number of carbonyl (C=O) groups excluding carboxylic acids is 2. The average Bonchev–Trinajstić information content (AvgIpc) is 3.18. The van der Waals surface area contributed by atoms with E-state index < -0.39 is 0 Å². The monoisotopic (exact) mass is 400 g/mol. The van der Waals surface area contributed by atoms with Crippen molar-refractivity contribution in [2.45, 2.75) is 51.6 Å². The second-order valence-electron chi connectivity index (χ2n) is 8.37. The van der Waals surface area contributed by atoms with Gasteiger partial charge in [-0.1, -0.05) is 6.07 Å². The third kappa shape index (κ3) is 4.15. The molecule has 2 fully saturated rings. The lowest BCUT2D eigenvalue weighted by atomic mass is 9.89. The SMILES string of the molecule is CC(=O)N1CCN([C@H]2CCC[C@H](NC(=O)c3cc4c(F)ccc(C)c4[nH]3)C2)CC1. The molecule has 1 saturated heterocycles. The molecule has 2 aromatic rings. The van der Waals surface area contributed by atoms with Gasteiger partial charge in [0.2, 0.25) is 5.91 Å². The minimum absolute atomic E-state index is 0.115. The first-order chi connectivity index (χ1) is 13.9. The van der Waals surface area contributed by atoms with Crippen molar-refractivity contribution in [1.29, 1.82) is 0 Å². The molecular weight excluding hydrogens is 371 g/mol. The van der Waals surface area contributed by atoms with E-state index in [9.17, 15) is 14.0 Å². The molecule has 0 unspecified atom stereocenters. The maximum Gasteiger partial charge on any atom is 0.267 e. The van der Waals surface area contributed by atoms with Gasteiger partial charge in [0.1, 0.15) is 11.5 Å². The number of nitrogens with one attached hydrogen (secondary N) is 2. The first-order valence-electron chi connectivity index (χ1n) is 10.5. The van der Waals surface area contributed by atoms with E-state index in [1.807, 2.05) is 11.8 Å². The van der Waals surface area contributed by atoms with Crippen molar-refractivity contribution < 1.29 is 14.0 Å².